The summed E-state index contributed by atoms with van der Waals surface area (Å²) >= 11 is 6.15. The zero-order chi connectivity index (χ0) is 20.6. The van der Waals surface area contributed by atoms with Gasteiger partial charge in [0, 0.05) is 35.7 Å². The fraction of sp³-hybridized carbons (Fsp3) is 0.182. The first-order valence-electron chi connectivity index (χ1n) is 9.14. The Kier molecular flexibility index (Phi) is 4.80. The molecule has 3 heterocycles. The Morgan fingerprint density at radius 2 is 1.97 bits per heavy atom. The van der Waals surface area contributed by atoms with Gasteiger partial charge in [-0.05, 0) is 61.4 Å². The fourth-order valence-corrected chi connectivity index (χ4v) is 3.79. The number of aromatic nitrogens is 2. The van der Waals surface area contributed by atoms with Crippen molar-refractivity contribution in [2.75, 3.05) is 4.90 Å². The second-order valence-electron chi connectivity index (χ2n) is 7.37. The van der Waals surface area contributed by atoms with Crippen molar-refractivity contribution >= 4 is 29.1 Å². The van der Waals surface area contributed by atoms with Crippen LogP contribution in [-0.4, -0.2) is 21.8 Å². The summed E-state index contributed by atoms with van der Waals surface area (Å²) in [5, 5.41) is 3.44. The molecule has 0 atom stereocenters. The van der Waals surface area contributed by atoms with Gasteiger partial charge < -0.3 is 5.32 Å². The van der Waals surface area contributed by atoms with Gasteiger partial charge in [-0.1, -0.05) is 11.6 Å². The van der Waals surface area contributed by atoms with Crippen molar-refractivity contribution in [2.24, 2.45) is 0 Å². The Hall–Kier alpha value is -3.25. The summed E-state index contributed by atoms with van der Waals surface area (Å²) < 4.78 is 0. The molecule has 0 radical (unpaired) electrons. The first-order valence-corrected chi connectivity index (χ1v) is 9.52. The SMILES string of the molecule is CC1(C)c2cc(Cl)ccc2C(=O)N1c1cncc(CNC(=O)c2cccnc2)c1. The van der Waals surface area contributed by atoms with Crippen LogP contribution in [0.25, 0.3) is 0 Å². The monoisotopic (exact) mass is 406 g/mol. The van der Waals surface area contributed by atoms with Crippen LogP contribution >= 0.6 is 11.6 Å². The summed E-state index contributed by atoms with van der Waals surface area (Å²) in [6.45, 7) is 4.24. The van der Waals surface area contributed by atoms with Gasteiger partial charge in [0.25, 0.3) is 11.8 Å². The highest BCUT2D eigenvalue weighted by atomic mass is 35.5. The van der Waals surface area contributed by atoms with Crippen molar-refractivity contribution in [3.63, 3.8) is 0 Å². The van der Waals surface area contributed by atoms with Crippen LogP contribution in [0, 0.1) is 0 Å². The summed E-state index contributed by atoms with van der Waals surface area (Å²) in [6, 6.07) is 10.6. The minimum Gasteiger partial charge on any atom is -0.348 e. The molecule has 0 bridgehead atoms. The molecule has 4 rings (SSSR count). The van der Waals surface area contributed by atoms with Crippen molar-refractivity contribution in [1.82, 2.24) is 15.3 Å². The van der Waals surface area contributed by atoms with Gasteiger partial charge in [-0.25, -0.2) is 0 Å². The summed E-state index contributed by atoms with van der Waals surface area (Å²) in [5.74, 6) is -0.317. The van der Waals surface area contributed by atoms with E-state index in [4.69, 9.17) is 11.6 Å². The van der Waals surface area contributed by atoms with Crippen molar-refractivity contribution in [3.8, 4) is 0 Å². The van der Waals surface area contributed by atoms with Crippen molar-refractivity contribution in [3.05, 3.63) is 88.5 Å². The van der Waals surface area contributed by atoms with E-state index in [2.05, 4.69) is 15.3 Å². The van der Waals surface area contributed by atoms with Crippen LogP contribution < -0.4 is 10.2 Å². The lowest BCUT2D eigenvalue weighted by molar-refractivity contribution is 0.0948. The van der Waals surface area contributed by atoms with E-state index in [9.17, 15) is 9.59 Å². The highest BCUT2D eigenvalue weighted by Gasteiger charge is 2.44. The Labute approximate surface area is 173 Å². The smallest absolute Gasteiger partial charge is 0.259 e. The van der Waals surface area contributed by atoms with E-state index >= 15 is 0 Å². The number of fused-ring (bicyclic) bond motifs is 1. The summed E-state index contributed by atoms with van der Waals surface area (Å²) in [5.41, 5.74) is 2.88. The molecule has 1 aliphatic heterocycles. The third-order valence-corrected chi connectivity index (χ3v) is 5.28. The van der Waals surface area contributed by atoms with E-state index in [-0.39, 0.29) is 18.4 Å². The molecule has 0 saturated heterocycles. The molecule has 0 fully saturated rings. The molecule has 0 unspecified atom stereocenters. The van der Waals surface area contributed by atoms with Crippen molar-refractivity contribution in [1.29, 1.82) is 0 Å². The number of hydrogen-bond acceptors (Lipinski definition) is 4. The zero-order valence-corrected chi connectivity index (χ0v) is 16.8. The minimum absolute atomic E-state index is 0.0972. The maximum atomic E-state index is 13.1. The number of halogens is 1. The first-order chi connectivity index (χ1) is 13.9. The van der Waals surface area contributed by atoms with Crippen LogP contribution in [0.3, 0.4) is 0 Å². The van der Waals surface area contributed by atoms with Gasteiger partial charge in [-0.2, -0.15) is 0 Å². The molecule has 1 aromatic carbocycles. The second-order valence-corrected chi connectivity index (χ2v) is 7.80. The van der Waals surface area contributed by atoms with Gasteiger partial charge >= 0.3 is 0 Å². The summed E-state index contributed by atoms with van der Waals surface area (Å²) in [7, 11) is 0. The van der Waals surface area contributed by atoms with Crippen molar-refractivity contribution < 1.29 is 9.59 Å². The molecule has 0 spiro atoms. The quantitative estimate of drug-likeness (QED) is 0.711. The number of carbonyl (C=O) groups excluding carboxylic acids is 2. The topological polar surface area (TPSA) is 75.2 Å². The van der Waals surface area contributed by atoms with Gasteiger partial charge in [0.15, 0.2) is 0 Å². The second kappa shape index (κ2) is 7.29. The van der Waals surface area contributed by atoms with E-state index in [1.807, 2.05) is 26.0 Å². The first kappa shape index (κ1) is 19.1. The van der Waals surface area contributed by atoms with Crippen LogP contribution in [0.4, 0.5) is 5.69 Å². The van der Waals surface area contributed by atoms with Crippen LogP contribution in [0.5, 0.6) is 0 Å². The number of hydrogen-bond donors (Lipinski definition) is 1. The van der Waals surface area contributed by atoms with E-state index in [0.29, 0.717) is 21.8 Å². The molecular weight excluding hydrogens is 388 g/mol. The fourth-order valence-electron chi connectivity index (χ4n) is 3.62. The average Bonchev–Trinajstić information content (AvgIpc) is 2.92. The highest BCUT2D eigenvalue weighted by molar-refractivity contribution is 6.31. The predicted molar refractivity (Wildman–Crippen MR) is 111 cm³/mol. The number of rotatable bonds is 4. The van der Waals surface area contributed by atoms with E-state index in [0.717, 1.165) is 11.1 Å². The van der Waals surface area contributed by atoms with Gasteiger partial charge in [-0.3, -0.25) is 24.5 Å². The largest absolute Gasteiger partial charge is 0.348 e. The molecule has 1 N–H and O–H groups in total. The minimum atomic E-state index is -0.573. The van der Waals surface area contributed by atoms with Crippen LogP contribution in [-0.2, 0) is 12.1 Å². The highest BCUT2D eigenvalue weighted by Crippen LogP contribution is 2.42. The number of nitrogens with one attached hydrogen (secondary N) is 1. The number of pyridine rings is 2. The summed E-state index contributed by atoms with van der Waals surface area (Å²) in [4.78, 5) is 35.3. The molecule has 1 aliphatic rings. The molecule has 3 aromatic rings. The van der Waals surface area contributed by atoms with E-state index in [1.54, 1.807) is 47.8 Å². The van der Waals surface area contributed by atoms with Crippen LogP contribution in [0.2, 0.25) is 5.02 Å². The van der Waals surface area contributed by atoms with Crippen LogP contribution in [0.1, 0.15) is 45.7 Å². The number of nitrogens with zero attached hydrogens (tertiary/aromatic N) is 3. The Morgan fingerprint density at radius 1 is 1.14 bits per heavy atom. The Bertz CT molecular complexity index is 1100. The van der Waals surface area contributed by atoms with Crippen molar-refractivity contribution in [2.45, 2.75) is 25.9 Å². The molecule has 0 aliphatic carbocycles. The maximum Gasteiger partial charge on any atom is 0.259 e. The molecule has 7 heteroatoms. The number of anilines is 1. The van der Waals surface area contributed by atoms with Gasteiger partial charge in [0.1, 0.15) is 0 Å². The molecule has 2 amide bonds. The third kappa shape index (κ3) is 3.47. The predicted octanol–water partition coefficient (Wildman–Crippen LogP) is 3.96. The maximum absolute atomic E-state index is 13.1. The number of amides is 2. The lowest BCUT2D eigenvalue weighted by Gasteiger charge is -2.32. The molecular formula is C22H19ClN4O2. The molecule has 0 saturated carbocycles. The zero-order valence-electron chi connectivity index (χ0n) is 16.0. The van der Waals surface area contributed by atoms with E-state index in [1.165, 1.54) is 6.20 Å². The average molecular weight is 407 g/mol. The number of benzene rings is 1. The van der Waals surface area contributed by atoms with Gasteiger partial charge in [0.2, 0.25) is 0 Å². The lowest BCUT2D eigenvalue weighted by atomic mass is 9.93. The molecule has 6 nitrogen and oxygen atoms in total. The normalized spacial score (nSPS) is 14.6. The summed E-state index contributed by atoms with van der Waals surface area (Å²) in [6.07, 6.45) is 6.45. The Morgan fingerprint density at radius 3 is 2.72 bits per heavy atom. The lowest BCUT2D eigenvalue weighted by Crippen LogP contribution is -2.39. The number of carbonyl (C=O) groups is 2. The van der Waals surface area contributed by atoms with Crippen LogP contribution in [0.15, 0.2) is 61.2 Å². The standard InChI is InChI=1S/C22H19ClN4O2/c1-22(2)19-9-16(23)5-6-18(19)21(29)27(22)17-8-14(10-25-13-17)11-26-20(28)15-4-3-7-24-12-15/h3-10,12-13H,11H2,1-2H3,(H,26,28). The molecule has 2 aromatic heterocycles. The molecule has 29 heavy (non-hydrogen) atoms. The van der Waals surface area contributed by atoms with Gasteiger partial charge in [0.05, 0.1) is 23.0 Å². The van der Waals surface area contributed by atoms with E-state index < -0.39 is 5.54 Å². The Balaban J connectivity index is 1.58. The molecule has 146 valence electrons. The third-order valence-electron chi connectivity index (χ3n) is 5.05. The van der Waals surface area contributed by atoms with Gasteiger partial charge in [-0.15, -0.1) is 0 Å².